The Kier molecular flexibility index (Phi) is 8.35. The van der Waals surface area contributed by atoms with Gasteiger partial charge in [-0.2, -0.15) is 0 Å². The van der Waals surface area contributed by atoms with Crippen molar-refractivity contribution in [2.75, 3.05) is 0 Å². The van der Waals surface area contributed by atoms with Gasteiger partial charge in [-0.3, -0.25) is 9.59 Å². The van der Waals surface area contributed by atoms with E-state index in [9.17, 15) is 14.7 Å². The summed E-state index contributed by atoms with van der Waals surface area (Å²) in [5.74, 6) is 0.906. The first-order valence-corrected chi connectivity index (χ1v) is 16.1. The van der Waals surface area contributed by atoms with Crippen LogP contribution in [0.5, 0.6) is 0 Å². The van der Waals surface area contributed by atoms with Gasteiger partial charge in [-0.05, 0) is 91.1 Å². The number of hydrogen-bond donors (Lipinski definition) is 2. The van der Waals surface area contributed by atoms with Crippen molar-refractivity contribution in [1.82, 2.24) is 0 Å². The summed E-state index contributed by atoms with van der Waals surface area (Å²) < 4.78 is 0. The van der Waals surface area contributed by atoms with Crippen LogP contribution in [0.15, 0.2) is 23.5 Å². The number of ketones is 2. The van der Waals surface area contributed by atoms with Gasteiger partial charge in [0.1, 0.15) is 0 Å². The third kappa shape index (κ3) is 4.40. The van der Waals surface area contributed by atoms with E-state index in [0.717, 1.165) is 56.4 Å². The molecular formula is C36H61NO3. The Hall–Kier alpha value is -1.42. The number of nitrogens with two attached hydrogens (primary N) is 1. The van der Waals surface area contributed by atoms with Crippen LogP contribution in [-0.2, 0) is 9.59 Å². The maximum atomic E-state index is 14.4. The van der Waals surface area contributed by atoms with Crippen molar-refractivity contribution in [3.63, 3.8) is 0 Å². The average molecular weight is 556 g/mol. The molecule has 4 nitrogen and oxygen atoms in total. The molecule has 7 atom stereocenters. The number of allylic oxidation sites excluding steroid dienone is 4. The highest BCUT2D eigenvalue weighted by atomic mass is 16.3. The lowest BCUT2D eigenvalue weighted by molar-refractivity contribution is -0.179. The van der Waals surface area contributed by atoms with E-state index in [0.29, 0.717) is 0 Å². The highest BCUT2D eigenvalue weighted by Crippen LogP contribution is 2.74. The zero-order valence-electron chi connectivity index (χ0n) is 28.2. The van der Waals surface area contributed by atoms with Crippen LogP contribution in [0.3, 0.4) is 0 Å². The van der Waals surface area contributed by atoms with Crippen molar-refractivity contribution in [2.24, 2.45) is 56.0 Å². The molecule has 0 aromatic heterocycles. The summed E-state index contributed by atoms with van der Waals surface area (Å²) in [4.78, 5) is 27.3. The summed E-state index contributed by atoms with van der Waals surface area (Å²) in [6, 6.07) is 0. The van der Waals surface area contributed by atoms with E-state index in [2.05, 4.69) is 62.3 Å². The normalized spacial score (nSPS) is 44.7. The predicted octanol–water partition coefficient (Wildman–Crippen LogP) is 8.99. The van der Waals surface area contributed by atoms with Gasteiger partial charge < -0.3 is 10.8 Å². The second-order valence-electron chi connectivity index (χ2n) is 16.7. The summed E-state index contributed by atoms with van der Waals surface area (Å²) in [6.45, 7) is 28.1. The molecule has 228 valence electrons. The summed E-state index contributed by atoms with van der Waals surface area (Å²) in [7, 11) is 0. The predicted molar refractivity (Wildman–Crippen MR) is 167 cm³/mol. The molecule has 40 heavy (non-hydrogen) atoms. The lowest BCUT2D eigenvalue weighted by Crippen LogP contribution is -2.76. The molecule has 0 spiro atoms. The first kappa shape index (κ1) is 33.1. The minimum absolute atomic E-state index is 0.0380. The van der Waals surface area contributed by atoms with Gasteiger partial charge in [0.05, 0.1) is 5.41 Å². The molecule has 0 aliphatic heterocycles. The third-order valence-corrected chi connectivity index (χ3v) is 12.4. The number of Topliss-reactive ketones (excluding diaryl/α,β-unsaturated/α-hetero) is 1. The number of aliphatic hydroxyl groups excluding tert-OH is 1. The number of hydrogen-bond acceptors (Lipinski definition) is 4. The Morgan fingerprint density at radius 1 is 0.850 bits per heavy atom. The Labute approximate surface area is 246 Å². The molecule has 3 saturated carbocycles. The highest BCUT2D eigenvalue weighted by molar-refractivity contribution is 6.01. The number of carbonyl (C=O) groups excluding carboxylic acids is 2. The first-order valence-electron chi connectivity index (χ1n) is 16.1. The largest absolute Gasteiger partial charge is 0.505 e. The van der Waals surface area contributed by atoms with Crippen LogP contribution >= 0.6 is 0 Å². The van der Waals surface area contributed by atoms with Gasteiger partial charge in [0.25, 0.3) is 0 Å². The Morgan fingerprint density at radius 3 is 1.93 bits per heavy atom. The molecular weight excluding hydrogens is 494 g/mol. The van der Waals surface area contributed by atoms with Crippen molar-refractivity contribution in [3.05, 3.63) is 23.5 Å². The smallest absolute Gasteiger partial charge is 0.202 e. The van der Waals surface area contributed by atoms with Crippen molar-refractivity contribution in [2.45, 2.75) is 140 Å². The Morgan fingerprint density at radius 2 is 1.38 bits per heavy atom. The van der Waals surface area contributed by atoms with Crippen LogP contribution in [0.2, 0.25) is 0 Å². The van der Waals surface area contributed by atoms with Crippen molar-refractivity contribution in [3.8, 4) is 0 Å². The van der Waals surface area contributed by atoms with E-state index >= 15 is 0 Å². The summed E-state index contributed by atoms with van der Waals surface area (Å²) in [5, 5.41) is 10.7. The van der Waals surface area contributed by atoms with Crippen molar-refractivity contribution in [1.29, 1.82) is 0 Å². The minimum atomic E-state index is -0.660. The fourth-order valence-corrected chi connectivity index (χ4v) is 10.2. The molecule has 0 amide bonds. The SMILES string of the molecule is CC.CC(C)C.CC1(C)CCC2(C)CCC3C4(C)CCC5C(C)(C)C(=O)C(O)=CC5(C)C4=CC(=O)C3(C)C2(N)C1. The second-order valence-corrected chi connectivity index (χ2v) is 16.7. The van der Waals surface area contributed by atoms with E-state index in [1.165, 1.54) is 0 Å². The monoisotopic (exact) mass is 555 g/mol. The van der Waals surface area contributed by atoms with Crippen LogP contribution in [0.25, 0.3) is 0 Å². The molecule has 3 fully saturated rings. The van der Waals surface area contributed by atoms with Crippen LogP contribution < -0.4 is 5.73 Å². The average Bonchev–Trinajstić information content (AvgIpc) is 2.82. The molecule has 7 unspecified atom stereocenters. The van der Waals surface area contributed by atoms with Gasteiger partial charge >= 0.3 is 0 Å². The molecule has 0 radical (unpaired) electrons. The Balaban J connectivity index is 0.000000677. The minimum Gasteiger partial charge on any atom is -0.505 e. The fraction of sp³-hybridized carbons (Fsp3) is 0.833. The maximum Gasteiger partial charge on any atom is 0.202 e. The van der Waals surface area contributed by atoms with Crippen LogP contribution in [0, 0.1) is 50.2 Å². The molecule has 5 aliphatic rings. The van der Waals surface area contributed by atoms with E-state index in [-0.39, 0.29) is 45.4 Å². The standard InChI is InChI=1S/C30H45NO3.C4H10.C2H6/c1-24(2)13-14-26(5)11-9-20-27(6)12-10-19-25(3,4)23(34)18(32)16-28(19,7)21(27)15-22(33)29(20,8)30(26,31)17-24;1-4(2)3;1-2/h15-16,19-20,32H,9-14,17,31H2,1-8H3;4H,1-3H3;1-2H3. The van der Waals surface area contributed by atoms with Crippen LogP contribution in [0.1, 0.15) is 135 Å². The number of carbonyl (C=O) groups is 2. The zero-order valence-corrected chi connectivity index (χ0v) is 28.2. The van der Waals surface area contributed by atoms with Crippen LogP contribution in [-0.4, -0.2) is 22.2 Å². The highest BCUT2D eigenvalue weighted by Gasteiger charge is 2.73. The quantitative estimate of drug-likeness (QED) is 0.312. The number of rotatable bonds is 0. The molecule has 0 aromatic rings. The third-order valence-electron chi connectivity index (χ3n) is 12.4. The summed E-state index contributed by atoms with van der Waals surface area (Å²) in [5.41, 5.74) is 6.21. The Bertz CT molecular complexity index is 1090. The van der Waals surface area contributed by atoms with E-state index in [4.69, 9.17) is 5.73 Å². The molecule has 0 heterocycles. The lowest BCUT2D eigenvalue weighted by atomic mass is 9.33. The number of fused-ring (bicyclic) bond motifs is 7. The lowest BCUT2D eigenvalue weighted by Gasteiger charge is -2.71. The molecule has 0 saturated heterocycles. The second kappa shape index (κ2) is 10.1. The molecule has 0 bridgehead atoms. The van der Waals surface area contributed by atoms with E-state index in [1.54, 1.807) is 6.08 Å². The summed E-state index contributed by atoms with van der Waals surface area (Å²) >= 11 is 0. The van der Waals surface area contributed by atoms with Gasteiger partial charge in [-0.15, -0.1) is 0 Å². The first-order chi connectivity index (χ1) is 18.1. The molecule has 3 N–H and O–H groups in total. The van der Waals surface area contributed by atoms with Gasteiger partial charge in [0.15, 0.2) is 11.5 Å². The van der Waals surface area contributed by atoms with Gasteiger partial charge in [0.2, 0.25) is 5.78 Å². The van der Waals surface area contributed by atoms with Gasteiger partial charge in [-0.25, -0.2) is 0 Å². The maximum absolute atomic E-state index is 14.4. The van der Waals surface area contributed by atoms with Gasteiger partial charge in [-0.1, -0.05) is 95.6 Å². The number of aliphatic hydroxyl groups is 1. The molecule has 5 aliphatic carbocycles. The summed E-state index contributed by atoms with van der Waals surface area (Å²) in [6.07, 6.45) is 10.7. The van der Waals surface area contributed by atoms with Gasteiger partial charge in [0, 0.05) is 16.4 Å². The van der Waals surface area contributed by atoms with Crippen molar-refractivity contribution >= 4 is 11.6 Å². The molecule has 4 heteroatoms. The topological polar surface area (TPSA) is 80.4 Å². The molecule has 0 aromatic carbocycles. The molecule has 5 rings (SSSR count). The van der Waals surface area contributed by atoms with Crippen molar-refractivity contribution < 1.29 is 14.7 Å². The van der Waals surface area contributed by atoms with E-state index < -0.39 is 21.8 Å². The van der Waals surface area contributed by atoms with E-state index in [1.807, 2.05) is 33.8 Å². The van der Waals surface area contributed by atoms with Crippen LogP contribution in [0.4, 0.5) is 0 Å². The zero-order chi connectivity index (χ0) is 30.9. The fourth-order valence-electron chi connectivity index (χ4n) is 10.2.